The Balaban J connectivity index is 2.80. The fourth-order valence-electron chi connectivity index (χ4n) is 0. The monoisotopic (exact) mass is 152 g/mol. The van der Waals surface area contributed by atoms with Gasteiger partial charge in [-0.1, -0.05) is 0 Å². The van der Waals surface area contributed by atoms with Crippen LogP contribution in [0.2, 0.25) is 11.5 Å². The minimum atomic E-state index is -0.333. The molecule has 0 aliphatic heterocycles. The molecule has 0 heterocycles. The van der Waals surface area contributed by atoms with E-state index in [0.29, 0.717) is 0 Å². The van der Waals surface area contributed by atoms with Crippen LogP contribution in [-0.4, -0.2) is 11.0 Å². The Morgan fingerprint density at radius 3 is 1.50 bits per heavy atom. The molecule has 0 aliphatic rings. The summed E-state index contributed by atoms with van der Waals surface area (Å²) in [7, 11) is -0.333. The van der Waals surface area contributed by atoms with Gasteiger partial charge in [0.05, 0.1) is 0 Å². The van der Waals surface area contributed by atoms with Crippen LogP contribution in [0.1, 0.15) is 0 Å². The summed E-state index contributed by atoms with van der Waals surface area (Å²) < 4.78 is 0. The van der Waals surface area contributed by atoms with Gasteiger partial charge in [0.2, 0.25) is 0 Å². The third-order valence-corrected chi connectivity index (χ3v) is 0. The molecule has 0 unspecified atom stereocenters. The van der Waals surface area contributed by atoms with E-state index < -0.39 is 0 Å². The van der Waals surface area contributed by atoms with Crippen LogP contribution in [0, 0.1) is 0 Å². The van der Waals surface area contributed by atoms with Crippen molar-refractivity contribution in [1.29, 1.82) is 0 Å². The van der Waals surface area contributed by atoms with Gasteiger partial charge < -0.3 is 0 Å². The minimum absolute atomic E-state index is 0.333. The van der Waals surface area contributed by atoms with Crippen molar-refractivity contribution in [2.45, 2.75) is 11.5 Å². The van der Waals surface area contributed by atoms with E-state index in [1.54, 1.807) is 0 Å². The number of hydrogen-bond donors (Lipinski definition) is 0. The van der Waals surface area contributed by atoms with Gasteiger partial charge in [0.1, 0.15) is 0 Å². The van der Waals surface area contributed by atoms with Gasteiger partial charge in [-0.05, 0) is 0 Å². The van der Waals surface area contributed by atoms with Crippen LogP contribution in [0.4, 0.5) is 0 Å². The molecule has 0 rings (SSSR count). The van der Waals surface area contributed by atoms with Crippen molar-refractivity contribution in [2.75, 3.05) is 0 Å². The summed E-state index contributed by atoms with van der Waals surface area (Å²) >= 11 is 2.33. The van der Waals surface area contributed by atoms with E-state index in [2.05, 4.69) is 29.1 Å². The molecule has 0 bridgehead atoms. The summed E-state index contributed by atoms with van der Waals surface area (Å²) in [4.78, 5) is 0. The van der Waals surface area contributed by atoms with Gasteiger partial charge in [0.15, 0.2) is 0 Å². The Kier molecular flexibility index (Phi) is 3.28. The summed E-state index contributed by atoms with van der Waals surface area (Å²) in [6, 6.07) is 0. The van der Waals surface area contributed by atoms with E-state index in [0.717, 1.165) is 0 Å². The van der Waals surface area contributed by atoms with Crippen molar-refractivity contribution in [1.82, 2.24) is 0 Å². The van der Waals surface area contributed by atoms with Crippen molar-refractivity contribution in [2.24, 2.45) is 0 Å². The van der Waals surface area contributed by atoms with Gasteiger partial charge in [-0.2, -0.15) is 0 Å². The summed E-state index contributed by atoms with van der Waals surface area (Å²) in [6.45, 7) is 0. The van der Waals surface area contributed by atoms with Crippen molar-refractivity contribution in [3.63, 3.8) is 0 Å². The van der Waals surface area contributed by atoms with Crippen molar-refractivity contribution >= 4 is 11.0 Å². The zero-order chi connectivity index (χ0) is 3.58. The molecule has 0 amide bonds. The summed E-state index contributed by atoms with van der Waals surface area (Å²) in [5.74, 6) is 4.67. The second-order valence-electron chi connectivity index (χ2n) is 1.00. The van der Waals surface area contributed by atoms with Gasteiger partial charge in [-0.3, -0.25) is 0 Å². The summed E-state index contributed by atoms with van der Waals surface area (Å²) in [5.41, 5.74) is 0. The quantitative estimate of drug-likeness (QED) is 0.448. The first-order chi connectivity index (χ1) is 1.73. The molecule has 0 nitrogen and oxygen atoms in total. The molecule has 0 aliphatic carbocycles. The molecule has 0 aromatic carbocycles. The molecule has 4 heavy (non-hydrogen) atoms. The molecule has 0 N–H and O–H groups in total. The molecule has 0 aromatic heterocycles. The van der Waals surface area contributed by atoms with Crippen molar-refractivity contribution < 1.29 is 17.6 Å². The van der Waals surface area contributed by atoms with Gasteiger partial charge in [-0.25, -0.2) is 0 Å². The molecule has 0 radical (unpaired) electrons. The average molecular weight is 151 g/mol. The predicted molar refractivity (Wildman–Crippen MR) is 17.5 cm³/mol. The Bertz CT molecular complexity index is 29.0. The van der Waals surface area contributed by atoms with Gasteiger partial charge >= 0.3 is 40.1 Å². The Labute approximate surface area is 40.1 Å². The maximum atomic E-state index is 2.33. The fraction of sp³-hybridized carbons (Fsp3) is 1.00. The van der Waals surface area contributed by atoms with Gasteiger partial charge in [0.25, 0.3) is 0 Å². The van der Waals surface area contributed by atoms with Crippen LogP contribution in [0.15, 0.2) is 0 Å². The molecule has 0 saturated carbocycles. The van der Waals surface area contributed by atoms with Crippen LogP contribution in [0.25, 0.3) is 0 Å². The van der Waals surface area contributed by atoms with Crippen LogP contribution < -0.4 is 0 Å². The van der Waals surface area contributed by atoms with E-state index in [4.69, 9.17) is 0 Å². The van der Waals surface area contributed by atoms with Crippen LogP contribution in [0.3, 0.4) is 0 Å². The van der Waals surface area contributed by atoms with Crippen molar-refractivity contribution in [3.8, 4) is 0 Å². The Hall–Kier alpha value is 1.26. The fourth-order valence-corrected chi connectivity index (χ4v) is 0. The summed E-state index contributed by atoms with van der Waals surface area (Å²) in [5, 5.41) is 0. The zero-order valence-electron chi connectivity index (χ0n) is 3.00. The molecule has 0 fully saturated rings. The molecule has 0 atom stereocenters. The first-order valence-electron chi connectivity index (χ1n) is 1.25. The molecular formula is C2H6GeTi+. The Morgan fingerprint density at radius 1 is 1.50 bits per heavy atom. The normalized spacial score (nSPS) is 7.00. The van der Waals surface area contributed by atoms with Gasteiger partial charge in [0, 0.05) is 0 Å². The topological polar surface area (TPSA) is 0 Å². The molecule has 21 valence electrons. The van der Waals surface area contributed by atoms with Crippen LogP contribution >= 0.6 is 0 Å². The second kappa shape index (κ2) is 2.49. The molecule has 2 heteroatoms. The van der Waals surface area contributed by atoms with Gasteiger partial charge in [-0.15, -0.1) is 0 Å². The predicted octanol–water partition coefficient (Wildman–Crippen LogP) is 0.784. The van der Waals surface area contributed by atoms with E-state index in [1.807, 2.05) is 0 Å². The Morgan fingerprint density at radius 2 is 1.50 bits per heavy atom. The second-order valence-corrected chi connectivity index (χ2v) is 13.3. The standard InChI is InChI=1S/C2H6Ge.Ti/c1-3-2;/h1-2H3;/q;+1. The molecular weight excluding hydrogens is 144 g/mol. The number of hydrogen-bond acceptors (Lipinski definition) is 0. The number of rotatable bonds is 0. The first kappa shape index (κ1) is 5.26. The van der Waals surface area contributed by atoms with E-state index in [-0.39, 0.29) is 11.0 Å². The third-order valence-electron chi connectivity index (χ3n) is 0. The molecule has 0 aromatic rings. The van der Waals surface area contributed by atoms with Crippen LogP contribution in [0.5, 0.6) is 0 Å². The van der Waals surface area contributed by atoms with E-state index >= 15 is 0 Å². The molecule has 0 spiro atoms. The van der Waals surface area contributed by atoms with E-state index in [9.17, 15) is 0 Å². The zero-order valence-corrected chi connectivity index (χ0v) is 6.66. The van der Waals surface area contributed by atoms with Crippen molar-refractivity contribution in [3.05, 3.63) is 0 Å². The van der Waals surface area contributed by atoms with Crippen LogP contribution in [-0.2, 0) is 17.6 Å². The SMILES string of the molecule is [CH3][Ge]([CH3])=[Ti+]. The molecule has 0 saturated heterocycles. The van der Waals surface area contributed by atoms with E-state index in [1.165, 1.54) is 0 Å². The summed E-state index contributed by atoms with van der Waals surface area (Å²) in [6.07, 6.45) is 0. The maximum absolute atomic E-state index is 2.33. The first-order valence-corrected chi connectivity index (χ1v) is 10.6. The third kappa shape index (κ3) is 10.5. The average Bonchev–Trinajstić information content (AvgIpc) is 0.811.